The number of anilines is 4. The normalized spacial score (nSPS) is 14.7. The molecule has 4 N–H and O–H groups in total. The molecule has 22 heavy (non-hydrogen) atoms. The monoisotopic (exact) mass is 301 g/mol. The zero-order valence-corrected chi connectivity index (χ0v) is 12.4. The van der Waals surface area contributed by atoms with Crippen molar-refractivity contribution >= 4 is 23.5 Å². The minimum Gasteiger partial charge on any atom is -0.378 e. The predicted molar refractivity (Wildman–Crippen MR) is 85.1 cm³/mol. The highest BCUT2D eigenvalue weighted by Gasteiger charge is 2.16. The molecule has 0 atom stereocenters. The lowest BCUT2D eigenvalue weighted by atomic mass is 10.2. The zero-order valence-electron chi connectivity index (χ0n) is 12.4. The highest BCUT2D eigenvalue weighted by Crippen LogP contribution is 2.18. The molecule has 0 amide bonds. The number of nitrogens with zero attached hydrogens (tertiary/aromatic N) is 4. The number of aromatic nitrogens is 3. The van der Waals surface area contributed by atoms with Crippen molar-refractivity contribution in [1.82, 2.24) is 15.0 Å². The number of rotatable bonds is 4. The van der Waals surface area contributed by atoms with Crippen LogP contribution in [-0.4, -0.2) is 41.3 Å². The first-order valence-corrected chi connectivity index (χ1v) is 7.14. The molecule has 1 aliphatic heterocycles. The van der Waals surface area contributed by atoms with Crippen LogP contribution in [-0.2, 0) is 4.74 Å². The number of hydrazine groups is 1. The Kier molecular flexibility index (Phi) is 4.31. The summed E-state index contributed by atoms with van der Waals surface area (Å²) in [6.07, 6.45) is 0. The average molecular weight is 301 g/mol. The summed E-state index contributed by atoms with van der Waals surface area (Å²) in [5, 5.41) is 3.17. The molecule has 3 rings (SSSR count). The lowest BCUT2D eigenvalue weighted by Crippen LogP contribution is -2.37. The van der Waals surface area contributed by atoms with E-state index in [1.165, 1.54) is 5.56 Å². The van der Waals surface area contributed by atoms with Crippen LogP contribution >= 0.6 is 0 Å². The second kappa shape index (κ2) is 6.54. The first-order chi connectivity index (χ1) is 10.7. The van der Waals surface area contributed by atoms with E-state index in [0.717, 1.165) is 18.8 Å². The number of ether oxygens (including phenoxy) is 1. The van der Waals surface area contributed by atoms with Crippen molar-refractivity contribution in [3.63, 3.8) is 0 Å². The number of hydrogen-bond acceptors (Lipinski definition) is 8. The number of morpholine rings is 1. The van der Waals surface area contributed by atoms with Crippen LogP contribution in [0.15, 0.2) is 24.3 Å². The van der Waals surface area contributed by atoms with Gasteiger partial charge in [0.05, 0.1) is 13.2 Å². The molecular weight excluding hydrogens is 282 g/mol. The van der Waals surface area contributed by atoms with Crippen LogP contribution in [0.4, 0.5) is 23.5 Å². The van der Waals surface area contributed by atoms with Crippen molar-refractivity contribution < 1.29 is 4.74 Å². The Balaban J connectivity index is 1.84. The standard InChI is InChI=1S/C14H19N7O/c1-10-2-4-11(5-3-10)16-12-17-13(20-15)19-14(18-12)21-6-8-22-9-7-21/h2-5H,6-9,15H2,1H3,(H2,16,17,18,19,20). The van der Waals surface area contributed by atoms with Crippen LogP contribution < -0.4 is 21.5 Å². The first-order valence-electron chi connectivity index (χ1n) is 7.14. The van der Waals surface area contributed by atoms with Gasteiger partial charge in [-0.05, 0) is 19.1 Å². The van der Waals surface area contributed by atoms with Gasteiger partial charge in [-0.2, -0.15) is 15.0 Å². The van der Waals surface area contributed by atoms with E-state index in [4.69, 9.17) is 10.6 Å². The van der Waals surface area contributed by atoms with Gasteiger partial charge < -0.3 is 15.0 Å². The molecule has 2 heterocycles. The maximum atomic E-state index is 5.46. The maximum absolute atomic E-state index is 5.46. The number of aryl methyl sites for hydroxylation is 1. The quantitative estimate of drug-likeness (QED) is 0.569. The Morgan fingerprint density at radius 1 is 1.05 bits per heavy atom. The molecule has 0 bridgehead atoms. The third kappa shape index (κ3) is 3.41. The van der Waals surface area contributed by atoms with Crippen LogP contribution in [0.2, 0.25) is 0 Å². The highest BCUT2D eigenvalue weighted by molar-refractivity contribution is 5.56. The van der Waals surface area contributed by atoms with E-state index in [-0.39, 0.29) is 0 Å². The molecule has 1 aliphatic rings. The number of nitrogens with two attached hydrogens (primary N) is 1. The van der Waals surface area contributed by atoms with Crippen molar-refractivity contribution in [3.05, 3.63) is 29.8 Å². The largest absolute Gasteiger partial charge is 0.378 e. The van der Waals surface area contributed by atoms with Gasteiger partial charge >= 0.3 is 0 Å². The summed E-state index contributed by atoms with van der Waals surface area (Å²) in [5.41, 5.74) is 4.59. The fourth-order valence-corrected chi connectivity index (χ4v) is 2.16. The van der Waals surface area contributed by atoms with E-state index in [9.17, 15) is 0 Å². The Morgan fingerprint density at radius 3 is 2.41 bits per heavy atom. The van der Waals surface area contributed by atoms with E-state index in [1.54, 1.807) is 0 Å². The Hall–Kier alpha value is -2.45. The molecule has 116 valence electrons. The van der Waals surface area contributed by atoms with Crippen molar-refractivity contribution in [2.45, 2.75) is 6.92 Å². The summed E-state index contributed by atoms with van der Waals surface area (Å²) in [6, 6.07) is 8.00. The highest BCUT2D eigenvalue weighted by atomic mass is 16.5. The molecule has 8 nitrogen and oxygen atoms in total. The van der Waals surface area contributed by atoms with Gasteiger partial charge in [0, 0.05) is 18.8 Å². The third-order valence-corrected chi connectivity index (χ3v) is 3.35. The SMILES string of the molecule is Cc1ccc(Nc2nc(NN)nc(N3CCOCC3)n2)cc1. The summed E-state index contributed by atoms with van der Waals surface area (Å²) < 4.78 is 5.35. The van der Waals surface area contributed by atoms with Crippen LogP contribution in [0, 0.1) is 6.92 Å². The molecule has 0 spiro atoms. The summed E-state index contributed by atoms with van der Waals surface area (Å²) in [4.78, 5) is 15.1. The predicted octanol–water partition coefficient (Wildman–Crippen LogP) is 1.05. The van der Waals surface area contributed by atoms with Crippen molar-refractivity contribution in [2.75, 3.05) is 41.9 Å². The Labute approximate surface area is 128 Å². The Bertz CT molecular complexity index is 626. The summed E-state index contributed by atoms with van der Waals surface area (Å²) in [5.74, 6) is 6.82. The van der Waals surface area contributed by atoms with Crippen LogP contribution in [0.25, 0.3) is 0 Å². The van der Waals surface area contributed by atoms with Crippen molar-refractivity contribution in [2.24, 2.45) is 5.84 Å². The molecule has 1 saturated heterocycles. The van der Waals surface area contributed by atoms with E-state index >= 15 is 0 Å². The fraction of sp³-hybridized carbons (Fsp3) is 0.357. The third-order valence-electron chi connectivity index (χ3n) is 3.35. The number of nitrogen functional groups attached to an aromatic ring is 1. The second-order valence-electron chi connectivity index (χ2n) is 5.02. The Morgan fingerprint density at radius 2 is 1.73 bits per heavy atom. The molecule has 1 fully saturated rings. The number of nitrogens with one attached hydrogen (secondary N) is 2. The van der Waals surface area contributed by atoms with Gasteiger partial charge in [-0.3, -0.25) is 5.43 Å². The zero-order chi connectivity index (χ0) is 15.4. The van der Waals surface area contributed by atoms with Crippen LogP contribution in [0.1, 0.15) is 5.56 Å². The van der Waals surface area contributed by atoms with Gasteiger partial charge in [0.2, 0.25) is 17.8 Å². The van der Waals surface area contributed by atoms with E-state index in [1.807, 2.05) is 36.1 Å². The molecule has 0 aliphatic carbocycles. The molecule has 0 unspecified atom stereocenters. The van der Waals surface area contributed by atoms with Gasteiger partial charge in [0.25, 0.3) is 0 Å². The fourth-order valence-electron chi connectivity index (χ4n) is 2.16. The van der Waals surface area contributed by atoms with Gasteiger partial charge in [-0.15, -0.1) is 0 Å². The number of benzene rings is 1. The molecule has 1 aromatic carbocycles. The van der Waals surface area contributed by atoms with Gasteiger partial charge in [-0.25, -0.2) is 5.84 Å². The van der Waals surface area contributed by atoms with Crippen LogP contribution in [0.3, 0.4) is 0 Å². The maximum Gasteiger partial charge on any atom is 0.243 e. The van der Waals surface area contributed by atoms with Gasteiger partial charge in [-0.1, -0.05) is 17.7 Å². The second-order valence-corrected chi connectivity index (χ2v) is 5.02. The molecule has 8 heteroatoms. The summed E-state index contributed by atoms with van der Waals surface area (Å²) in [6.45, 7) is 4.87. The summed E-state index contributed by atoms with van der Waals surface area (Å²) >= 11 is 0. The lowest BCUT2D eigenvalue weighted by molar-refractivity contribution is 0.122. The van der Waals surface area contributed by atoms with E-state index in [2.05, 4.69) is 25.7 Å². The number of hydrogen-bond donors (Lipinski definition) is 3. The minimum absolute atomic E-state index is 0.325. The molecule has 2 aromatic rings. The van der Waals surface area contributed by atoms with Crippen molar-refractivity contribution in [3.8, 4) is 0 Å². The topological polar surface area (TPSA) is 101 Å². The molecule has 0 saturated carbocycles. The molecule has 1 aromatic heterocycles. The van der Waals surface area contributed by atoms with Gasteiger partial charge in [0.15, 0.2) is 0 Å². The van der Waals surface area contributed by atoms with Crippen LogP contribution in [0.5, 0.6) is 0 Å². The molecular formula is C14H19N7O. The lowest BCUT2D eigenvalue weighted by Gasteiger charge is -2.27. The summed E-state index contributed by atoms with van der Waals surface area (Å²) in [7, 11) is 0. The average Bonchev–Trinajstić information content (AvgIpc) is 2.57. The van der Waals surface area contributed by atoms with E-state index < -0.39 is 0 Å². The van der Waals surface area contributed by atoms with Gasteiger partial charge in [0.1, 0.15) is 0 Å². The first kappa shape index (κ1) is 14.5. The van der Waals surface area contributed by atoms with Crippen molar-refractivity contribution in [1.29, 1.82) is 0 Å². The minimum atomic E-state index is 0.325. The smallest absolute Gasteiger partial charge is 0.243 e. The molecule has 0 radical (unpaired) electrons. The van der Waals surface area contributed by atoms with E-state index in [0.29, 0.717) is 31.1 Å².